The second-order valence-electron chi connectivity index (χ2n) is 3.89. The van der Waals surface area contributed by atoms with Crippen LogP contribution in [0.3, 0.4) is 0 Å². The van der Waals surface area contributed by atoms with Crippen molar-refractivity contribution in [1.29, 1.82) is 0 Å². The molecule has 0 aliphatic heterocycles. The zero-order valence-electron chi connectivity index (χ0n) is 8.40. The summed E-state index contributed by atoms with van der Waals surface area (Å²) in [4.78, 5) is 14.8. The van der Waals surface area contributed by atoms with Gasteiger partial charge in [0.15, 0.2) is 0 Å². The first-order valence-electron chi connectivity index (χ1n) is 4.85. The van der Waals surface area contributed by atoms with Gasteiger partial charge in [0, 0.05) is 6.20 Å². The first kappa shape index (κ1) is 11.2. The van der Waals surface area contributed by atoms with E-state index in [1.807, 2.05) is 0 Å². The van der Waals surface area contributed by atoms with Crippen molar-refractivity contribution in [2.75, 3.05) is 11.9 Å². The van der Waals surface area contributed by atoms with E-state index < -0.39 is 5.97 Å². The van der Waals surface area contributed by atoms with E-state index in [0.29, 0.717) is 5.82 Å². The fourth-order valence-corrected chi connectivity index (χ4v) is 1.66. The normalized spacial score (nSPS) is 16.9. The monoisotopic (exact) mass is 242 g/mol. The van der Waals surface area contributed by atoms with E-state index in [2.05, 4.69) is 10.3 Å². The molecule has 0 saturated heterocycles. The molecule has 1 fully saturated rings. The Morgan fingerprint density at radius 3 is 2.81 bits per heavy atom. The molecule has 0 spiro atoms. The first-order chi connectivity index (χ1) is 7.58. The molecular formula is C10H11ClN2O3. The van der Waals surface area contributed by atoms with Gasteiger partial charge in [0.25, 0.3) is 0 Å². The number of hydrogen-bond acceptors (Lipinski definition) is 4. The predicted molar refractivity (Wildman–Crippen MR) is 58.9 cm³/mol. The molecule has 1 saturated carbocycles. The van der Waals surface area contributed by atoms with Gasteiger partial charge in [-0.05, 0) is 18.9 Å². The lowest BCUT2D eigenvalue weighted by molar-refractivity contribution is 0.0697. The highest BCUT2D eigenvalue weighted by Crippen LogP contribution is 2.39. The van der Waals surface area contributed by atoms with Gasteiger partial charge in [0.1, 0.15) is 5.82 Å². The van der Waals surface area contributed by atoms with Crippen LogP contribution in [0.4, 0.5) is 5.82 Å². The summed E-state index contributed by atoms with van der Waals surface area (Å²) in [5.74, 6) is -0.780. The molecule has 0 atom stereocenters. The minimum absolute atomic E-state index is 0.00732. The zero-order chi connectivity index (χ0) is 11.8. The van der Waals surface area contributed by atoms with Gasteiger partial charge in [-0.25, -0.2) is 9.78 Å². The van der Waals surface area contributed by atoms with E-state index >= 15 is 0 Å². The Bertz CT molecular complexity index is 432. The van der Waals surface area contributed by atoms with Crippen LogP contribution in [0.25, 0.3) is 0 Å². The highest BCUT2D eigenvalue weighted by molar-refractivity contribution is 6.35. The third-order valence-corrected chi connectivity index (χ3v) is 3.04. The van der Waals surface area contributed by atoms with Gasteiger partial charge in [-0.3, -0.25) is 0 Å². The molecule has 3 N–H and O–H groups in total. The highest BCUT2D eigenvalue weighted by atomic mass is 35.5. The van der Waals surface area contributed by atoms with E-state index in [0.717, 1.165) is 12.8 Å². The maximum absolute atomic E-state index is 10.8. The van der Waals surface area contributed by atoms with E-state index in [-0.39, 0.29) is 22.7 Å². The third kappa shape index (κ3) is 1.96. The maximum Gasteiger partial charge on any atom is 0.337 e. The zero-order valence-corrected chi connectivity index (χ0v) is 9.16. The Morgan fingerprint density at radius 1 is 1.62 bits per heavy atom. The van der Waals surface area contributed by atoms with E-state index in [4.69, 9.17) is 21.8 Å². The molecular weight excluding hydrogens is 232 g/mol. The highest BCUT2D eigenvalue weighted by Gasteiger charge is 2.42. The summed E-state index contributed by atoms with van der Waals surface area (Å²) in [6.45, 7) is -0.0116. The van der Waals surface area contributed by atoms with Crippen LogP contribution in [-0.4, -0.2) is 33.3 Å². The molecule has 5 nitrogen and oxygen atoms in total. The average Bonchev–Trinajstić information content (AvgIpc) is 3.01. The summed E-state index contributed by atoms with van der Waals surface area (Å²) in [6, 6.07) is 1.34. The summed E-state index contributed by atoms with van der Waals surface area (Å²) in [5.41, 5.74) is -0.360. The number of anilines is 1. The van der Waals surface area contributed by atoms with E-state index in [1.54, 1.807) is 0 Å². The first-order valence-corrected chi connectivity index (χ1v) is 5.23. The number of aromatic carboxylic acids is 1. The number of carboxylic acid groups (broad SMARTS) is 1. The van der Waals surface area contributed by atoms with Crippen molar-refractivity contribution in [3.63, 3.8) is 0 Å². The third-order valence-electron chi connectivity index (χ3n) is 2.66. The molecule has 1 aliphatic rings. The lowest BCUT2D eigenvalue weighted by Gasteiger charge is -2.16. The van der Waals surface area contributed by atoms with Gasteiger partial charge in [0.2, 0.25) is 0 Å². The Morgan fingerprint density at radius 2 is 2.31 bits per heavy atom. The standard InChI is InChI=1S/C10H11ClN2O3/c11-7-6(9(15)16)1-4-12-8(7)13-10(5-14)2-3-10/h1,4,14H,2-3,5H2,(H,12,13)(H,15,16). The Labute approximate surface area is 97.1 Å². The quantitative estimate of drug-likeness (QED) is 0.743. The van der Waals surface area contributed by atoms with Crippen LogP contribution in [-0.2, 0) is 0 Å². The van der Waals surface area contributed by atoms with Crippen LogP contribution in [0.15, 0.2) is 12.3 Å². The van der Waals surface area contributed by atoms with Gasteiger partial charge in [0.05, 0.1) is 22.7 Å². The number of pyridine rings is 1. The van der Waals surface area contributed by atoms with Gasteiger partial charge in [-0.1, -0.05) is 11.6 Å². The summed E-state index contributed by atoms with van der Waals surface area (Å²) in [6.07, 6.45) is 3.04. The van der Waals surface area contributed by atoms with Gasteiger partial charge < -0.3 is 15.5 Å². The van der Waals surface area contributed by atoms with Crippen LogP contribution in [0.2, 0.25) is 5.02 Å². The minimum atomic E-state index is -1.09. The Kier molecular flexibility index (Phi) is 2.73. The number of aliphatic hydroxyl groups excluding tert-OH is 1. The lowest BCUT2D eigenvalue weighted by Crippen LogP contribution is -2.26. The Hall–Kier alpha value is -1.33. The number of halogens is 1. The molecule has 0 amide bonds. The molecule has 1 heterocycles. The second-order valence-corrected chi connectivity index (χ2v) is 4.27. The van der Waals surface area contributed by atoms with Gasteiger partial charge >= 0.3 is 5.97 Å². The fraction of sp³-hybridized carbons (Fsp3) is 0.400. The Balaban J connectivity index is 2.28. The average molecular weight is 243 g/mol. The van der Waals surface area contributed by atoms with Gasteiger partial charge in [-0.15, -0.1) is 0 Å². The topological polar surface area (TPSA) is 82.5 Å². The van der Waals surface area contributed by atoms with E-state index in [1.165, 1.54) is 12.3 Å². The molecule has 6 heteroatoms. The number of aromatic nitrogens is 1. The smallest absolute Gasteiger partial charge is 0.337 e. The summed E-state index contributed by atoms with van der Waals surface area (Å²) < 4.78 is 0. The van der Waals surface area contributed by atoms with Crippen molar-refractivity contribution in [1.82, 2.24) is 4.98 Å². The molecule has 1 aromatic rings. The maximum atomic E-state index is 10.8. The summed E-state index contributed by atoms with van der Waals surface area (Å²) >= 11 is 5.91. The van der Waals surface area contributed by atoms with Crippen molar-refractivity contribution >= 4 is 23.4 Å². The molecule has 1 aromatic heterocycles. The molecule has 86 valence electrons. The van der Waals surface area contributed by atoms with Gasteiger partial charge in [-0.2, -0.15) is 0 Å². The summed E-state index contributed by atoms with van der Waals surface area (Å²) in [7, 11) is 0. The minimum Gasteiger partial charge on any atom is -0.478 e. The molecule has 0 aromatic carbocycles. The molecule has 0 unspecified atom stereocenters. The summed E-state index contributed by atoms with van der Waals surface area (Å²) in [5, 5.41) is 21.1. The lowest BCUT2D eigenvalue weighted by atomic mass is 10.2. The number of carboxylic acids is 1. The second kappa shape index (κ2) is 3.92. The number of rotatable bonds is 4. The molecule has 16 heavy (non-hydrogen) atoms. The number of carbonyl (C=O) groups is 1. The molecule has 0 radical (unpaired) electrons. The fourth-order valence-electron chi connectivity index (χ4n) is 1.42. The largest absolute Gasteiger partial charge is 0.478 e. The van der Waals surface area contributed by atoms with E-state index in [9.17, 15) is 4.79 Å². The molecule has 0 bridgehead atoms. The van der Waals surface area contributed by atoms with Crippen LogP contribution in [0, 0.1) is 0 Å². The van der Waals surface area contributed by atoms with Crippen molar-refractivity contribution in [2.24, 2.45) is 0 Å². The van der Waals surface area contributed by atoms with Crippen molar-refractivity contribution in [3.8, 4) is 0 Å². The van der Waals surface area contributed by atoms with Crippen molar-refractivity contribution in [3.05, 3.63) is 22.8 Å². The molecule has 2 rings (SSSR count). The molecule has 1 aliphatic carbocycles. The SMILES string of the molecule is O=C(O)c1ccnc(NC2(CO)CC2)c1Cl. The number of nitrogens with zero attached hydrogens (tertiary/aromatic N) is 1. The van der Waals surface area contributed by atoms with Crippen molar-refractivity contribution in [2.45, 2.75) is 18.4 Å². The number of nitrogens with one attached hydrogen (secondary N) is 1. The van der Waals surface area contributed by atoms with Crippen LogP contribution in [0.1, 0.15) is 23.2 Å². The number of aliphatic hydroxyl groups is 1. The van der Waals surface area contributed by atoms with Crippen LogP contribution >= 0.6 is 11.6 Å². The number of hydrogen-bond donors (Lipinski definition) is 3. The predicted octanol–water partition coefficient (Wildman–Crippen LogP) is 1.37. The van der Waals surface area contributed by atoms with Crippen molar-refractivity contribution < 1.29 is 15.0 Å². The van der Waals surface area contributed by atoms with Crippen LogP contribution < -0.4 is 5.32 Å². The van der Waals surface area contributed by atoms with Crippen LogP contribution in [0.5, 0.6) is 0 Å².